The lowest BCUT2D eigenvalue weighted by molar-refractivity contribution is -0.151. The van der Waals surface area contributed by atoms with Crippen LogP contribution in [0.2, 0.25) is 0 Å². The standard InChI is InChI=1S/C8H16N4O2S/c1-8(2,3)14-5(13)4-15-7(11)12-6(9)10/h4H2,1-3H3,(H5,9,10,11,12). The Kier molecular flexibility index (Phi) is 5.13. The molecule has 86 valence electrons. The summed E-state index contributed by atoms with van der Waals surface area (Å²) in [6.07, 6.45) is 0. The highest BCUT2D eigenvalue weighted by Crippen LogP contribution is 2.10. The van der Waals surface area contributed by atoms with E-state index in [4.69, 9.17) is 21.6 Å². The van der Waals surface area contributed by atoms with Crippen LogP contribution in [0.25, 0.3) is 0 Å². The minimum atomic E-state index is -0.518. The summed E-state index contributed by atoms with van der Waals surface area (Å²) in [4.78, 5) is 14.7. The van der Waals surface area contributed by atoms with Gasteiger partial charge in [-0.05, 0) is 20.8 Å². The lowest BCUT2D eigenvalue weighted by Crippen LogP contribution is -2.26. The first-order valence-corrected chi connectivity index (χ1v) is 5.22. The van der Waals surface area contributed by atoms with Crippen LogP contribution in [-0.2, 0) is 9.53 Å². The van der Waals surface area contributed by atoms with E-state index in [1.165, 1.54) is 0 Å². The molecule has 0 rings (SSSR count). The minimum absolute atomic E-state index is 0.0207. The smallest absolute Gasteiger partial charge is 0.316 e. The Bertz CT molecular complexity index is 279. The Morgan fingerprint density at radius 2 is 2.00 bits per heavy atom. The summed E-state index contributed by atoms with van der Waals surface area (Å²) in [5, 5.41) is 7.14. The number of nitrogens with one attached hydrogen (secondary N) is 1. The summed E-state index contributed by atoms with van der Waals surface area (Å²) in [5.74, 6) is -0.577. The average molecular weight is 232 g/mol. The van der Waals surface area contributed by atoms with Crippen molar-refractivity contribution >= 4 is 28.9 Å². The molecule has 0 bridgehead atoms. The Balaban J connectivity index is 3.92. The van der Waals surface area contributed by atoms with Crippen molar-refractivity contribution in [3.8, 4) is 0 Å². The molecule has 5 N–H and O–H groups in total. The molecule has 0 aliphatic carbocycles. The first-order valence-electron chi connectivity index (χ1n) is 4.23. The highest BCUT2D eigenvalue weighted by molar-refractivity contribution is 8.14. The fraction of sp³-hybridized carbons (Fsp3) is 0.625. The van der Waals surface area contributed by atoms with Gasteiger partial charge >= 0.3 is 5.97 Å². The summed E-state index contributed by atoms with van der Waals surface area (Å²) < 4.78 is 5.03. The Morgan fingerprint density at radius 3 is 2.40 bits per heavy atom. The zero-order valence-electron chi connectivity index (χ0n) is 9.03. The van der Waals surface area contributed by atoms with Crippen LogP contribution in [0.5, 0.6) is 0 Å². The largest absolute Gasteiger partial charge is 0.459 e. The van der Waals surface area contributed by atoms with Crippen molar-refractivity contribution in [2.75, 3.05) is 5.75 Å². The van der Waals surface area contributed by atoms with E-state index < -0.39 is 11.6 Å². The average Bonchev–Trinajstić information content (AvgIpc) is 1.96. The molecule has 0 amide bonds. The van der Waals surface area contributed by atoms with E-state index >= 15 is 0 Å². The van der Waals surface area contributed by atoms with Gasteiger partial charge in [0.05, 0.1) is 5.75 Å². The third-order valence-corrected chi connectivity index (χ3v) is 1.72. The maximum atomic E-state index is 11.2. The van der Waals surface area contributed by atoms with Crippen molar-refractivity contribution in [2.24, 2.45) is 16.5 Å². The van der Waals surface area contributed by atoms with Gasteiger partial charge < -0.3 is 16.2 Å². The summed E-state index contributed by atoms with van der Waals surface area (Å²) in [6, 6.07) is 0. The predicted octanol–water partition coefficient (Wildman–Crippen LogP) is 0.269. The summed E-state index contributed by atoms with van der Waals surface area (Å²) in [7, 11) is 0. The number of carbonyl (C=O) groups is 1. The summed E-state index contributed by atoms with van der Waals surface area (Å²) >= 11 is 0.915. The van der Waals surface area contributed by atoms with E-state index in [-0.39, 0.29) is 16.9 Å². The number of amidine groups is 1. The SMILES string of the molecule is CC(C)(C)OC(=O)CSC(=N)N=C(N)N. The molecule has 0 unspecified atom stereocenters. The molecule has 0 aromatic rings. The van der Waals surface area contributed by atoms with E-state index in [0.717, 1.165) is 11.8 Å². The Labute approximate surface area is 93.0 Å². The van der Waals surface area contributed by atoms with Crippen molar-refractivity contribution in [1.82, 2.24) is 0 Å². The van der Waals surface area contributed by atoms with Gasteiger partial charge in [0.25, 0.3) is 0 Å². The number of guanidine groups is 1. The second-order valence-corrected chi connectivity index (χ2v) is 4.68. The van der Waals surface area contributed by atoms with E-state index in [1.54, 1.807) is 20.8 Å². The molecule has 0 heterocycles. The first kappa shape index (κ1) is 13.8. The third kappa shape index (κ3) is 9.07. The molecule has 0 saturated carbocycles. The van der Waals surface area contributed by atoms with Crippen LogP contribution in [0, 0.1) is 5.41 Å². The Morgan fingerprint density at radius 1 is 1.47 bits per heavy atom. The molecular weight excluding hydrogens is 216 g/mol. The van der Waals surface area contributed by atoms with Gasteiger partial charge in [-0.15, -0.1) is 0 Å². The summed E-state index contributed by atoms with van der Waals surface area (Å²) in [6.45, 7) is 5.32. The molecule has 0 atom stereocenters. The molecular formula is C8H16N4O2S. The number of carbonyl (C=O) groups excluding carboxylic acids is 1. The van der Waals surface area contributed by atoms with E-state index in [2.05, 4.69) is 4.99 Å². The van der Waals surface area contributed by atoms with Gasteiger partial charge in [0.1, 0.15) is 5.60 Å². The van der Waals surface area contributed by atoms with Crippen molar-refractivity contribution < 1.29 is 9.53 Å². The van der Waals surface area contributed by atoms with Crippen LogP contribution in [0.15, 0.2) is 4.99 Å². The van der Waals surface area contributed by atoms with Crippen molar-refractivity contribution in [2.45, 2.75) is 26.4 Å². The molecule has 7 heteroatoms. The number of hydrogen-bond donors (Lipinski definition) is 3. The van der Waals surface area contributed by atoms with Gasteiger partial charge in [-0.2, -0.15) is 4.99 Å². The van der Waals surface area contributed by atoms with Gasteiger partial charge in [0.15, 0.2) is 11.1 Å². The minimum Gasteiger partial charge on any atom is -0.459 e. The van der Waals surface area contributed by atoms with Crippen molar-refractivity contribution in [3.63, 3.8) is 0 Å². The van der Waals surface area contributed by atoms with Crippen LogP contribution in [0.3, 0.4) is 0 Å². The van der Waals surface area contributed by atoms with E-state index in [0.29, 0.717) is 0 Å². The van der Waals surface area contributed by atoms with E-state index in [1.807, 2.05) is 0 Å². The fourth-order valence-corrected chi connectivity index (χ4v) is 1.13. The van der Waals surface area contributed by atoms with Crippen LogP contribution in [0.4, 0.5) is 0 Å². The zero-order chi connectivity index (χ0) is 12.1. The molecule has 0 saturated heterocycles. The number of nitrogens with two attached hydrogens (primary N) is 2. The molecule has 0 aliphatic heterocycles. The molecule has 0 aliphatic rings. The Hall–Kier alpha value is -1.24. The highest BCUT2D eigenvalue weighted by atomic mass is 32.2. The molecule has 0 aromatic heterocycles. The number of aliphatic imine (C=N–C) groups is 1. The normalized spacial score (nSPS) is 10.6. The lowest BCUT2D eigenvalue weighted by Gasteiger charge is -2.19. The zero-order valence-corrected chi connectivity index (χ0v) is 9.85. The number of esters is 1. The molecule has 0 spiro atoms. The van der Waals surface area contributed by atoms with Crippen LogP contribution >= 0.6 is 11.8 Å². The summed E-state index contributed by atoms with van der Waals surface area (Å²) in [5.41, 5.74) is 9.60. The third-order valence-electron chi connectivity index (χ3n) is 0.977. The number of hydrogen-bond acceptors (Lipinski definition) is 4. The number of ether oxygens (including phenoxy) is 1. The second kappa shape index (κ2) is 5.59. The topological polar surface area (TPSA) is 115 Å². The maximum Gasteiger partial charge on any atom is 0.316 e. The highest BCUT2D eigenvalue weighted by Gasteiger charge is 2.16. The lowest BCUT2D eigenvalue weighted by atomic mass is 10.2. The van der Waals surface area contributed by atoms with Crippen LogP contribution in [0.1, 0.15) is 20.8 Å². The van der Waals surface area contributed by atoms with E-state index in [9.17, 15) is 4.79 Å². The molecule has 6 nitrogen and oxygen atoms in total. The first-order chi connectivity index (χ1) is 6.70. The number of nitrogens with zero attached hydrogens (tertiary/aromatic N) is 1. The van der Waals surface area contributed by atoms with Crippen LogP contribution < -0.4 is 11.5 Å². The van der Waals surface area contributed by atoms with Crippen LogP contribution in [-0.4, -0.2) is 28.5 Å². The molecule has 0 radical (unpaired) electrons. The van der Waals surface area contributed by atoms with Gasteiger partial charge in [-0.25, -0.2) is 0 Å². The molecule has 0 aromatic carbocycles. The second-order valence-electron chi connectivity index (χ2n) is 3.72. The van der Waals surface area contributed by atoms with Gasteiger partial charge in [0.2, 0.25) is 0 Å². The van der Waals surface area contributed by atoms with Gasteiger partial charge in [-0.1, -0.05) is 11.8 Å². The molecule has 15 heavy (non-hydrogen) atoms. The van der Waals surface area contributed by atoms with Gasteiger partial charge in [-0.3, -0.25) is 10.2 Å². The molecule has 0 fully saturated rings. The van der Waals surface area contributed by atoms with Gasteiger partial charge in [0, 0.05) is 0 Å². The quantitative estimate of drug-likeness (QED) is 0.359. The van der Waals surface area contributed by atoms with Crippen molar-refractivity contribution in [1.29, 1.82) is 5.41 Å². The fourth-order valence-electron chi connectivity index (χ4n) is 0.648. The van der Waals surface area contributed by atoms with Crippen molar-refractivity contribution in [3.05, 3.63) is 0 Å². The monoisotopic (exact) mass is 232 g/mol. The number of rotatable bonds is 2. The number of thioether (sulfide) groups is 1. The maximum absolute atomic E-state index is 11.2. The predicted molar refractivity (Wildman–Crippen MR) is 61.8 cm³/mol.